The van der Waals surface area contributed by atoms with Crippen molar-refractivity contribution in [2.24, 2.45) is 5.73 Å². The summed E-state index contributed by atoms with van der Waals surface area (Å²) < 4.78 is 5.04. The number of nitrogens with two attached hydrogens (primary N) is 1. The van der Waals surface area contributed by atoms with Crippen LogP contribution in [-0.4, -0.2) is 42.7 Å². The van der Waals surface area contributed by atoms with Crippen LogP contribution >= 0.6 is 0 Å². The molecule has 0 radical (unpaired) electrons. The van der Waals surface area contributed by atoms with Crippen molar-refractivity contribution < 1.29 is 29.2 Å². The Kier molecular flexibility index (Phi) is 10.8. The molecule has 0 bridgehead atoms. The average molecular weight is 306 g/mol. The van der Waals surface area contributed by atoms with E-state index in [1.807, 2.05) is 19.2 Å². The fourth-order valence-corrected chi connectivity index (χ4v) is 1.31. The molecule has 0 aromatic heterocycles. The van der Waals surface area contributed by atoms with Crippen LogP contribution in [-0.2, 0) is 24.1 Å². The second-order valence-electron chi connectivity index (χ2n) is 4.50. The molecule has 0 saturated heterocycles. The molecule has 1 amide bonds. The van der Waals surface area contributed by atoms with Crippen molar-refractivity contribution in [2.45, 2.75) is 51.9 Å². The molecule has 0 aromatic rings. The van der Waals surface area contributed by atoms with Crippen molar-refractivity contribution in [3.8, 4) is 0 Å². The molecule has 8 heteroatoms. The van der Waals surface area contributed by atoms with Gasteiger partial charge in [0.25, 0.3) is 0 Å². The number of rotatable bonds is 12. The quantitative estimate of drug-likeness (QED) is 0.204. The molecule has 21 heavy (non-hydrogen) atoms. The number of hydrogen-bond donors (Lipinski definition) is 3. The molecule has 4 N–H and O–H groups in total. The Bertz CT molecular complexity index is 313. The van der Waals surface area contributed by atoms with E-state index in [4.69, 9.17) is 10.5 Å². The van der Waals surface area contributed by atoms with E-state index in [1.54, 1.807) is 0 Å². The standard InChI is InChI=1S/C13H26N2O6/c1-3-5-7-8-19-13(18,15-11(16)10-14)12(17)21-20-9-6-4-2/h18H,3-10,14H2,1-2H3,(H,15,16). The zero-order chi connectivity index (χ0) is 16.1. The van der Waals surface area contributed by atoms with E-state index in [1.165, 1.54) is 0 Å². The SMILES string of the molecule is CCCCCOC(O)(NC(=O)CN)C(=O)OOCCCC. The van der Waals surface area contributed by atoms with Crippen molar-refractivity contribution in [1.82, 2.24) is 5.32 Å². The maximum Gasteiger partial charge on any atom is 0.423 e. The van der Waals surface area contributed by atoms with Gasteiger partial charge in [-0.05, 0) is 12.8 Å². The Morgan fingerprint density at radius 3 is 2.38 bits per heavy atom. The Hall–Kier alpha value is -1.22. The molecular formula is C13H26N2O6. The molecule has 0 fully saturated rings. The Morgan fingerprint density at radius 2 is 1.81 bits per heavy atom. The molecule has 0 aliphatic rings. The summed E-state index contributed by atoms with van der Waals surface area (Å²) in [6.45, 7) is 3.82. The molecule has 1 atom stereocenters. The van der Waals surface area contributed by atoms with Gasteiger partial charge in [0.15, 0.2) is 0 Å². The summed E-state index contributed by atoms with van der Waals surface area (Å²) in [7, 11) is 0. The highest BCUT2D eigenvalue weighted by Gasteiger charge is 2.42. The van der Waals surface area contributed by atoms with Crippen molar-refractivity contribution in [3.05, 3.63) is 0 Å². The minimum Gasteiger partial charge on any atom is -0.340 e. The Labute approximate surface area is 124 Å². The number of unbranched alkanes of at least 4 members (excludes halogenated alkanes) is 3. The van der Waals surface area contributed by atoms with Gasteiger partial charge < -0.3 is 15.6 Å². The van der Waals surface area contributed by atoms with Crippen LogP contribution in [0.4, 0.5) is 0 Å². The summed E-state index contributed by atoms with van der Waals surface area (Å²) >= 11 is 0. The van der Waals surface area contributed by atoms with Gasteiger partial charge in [-0.2, -0.15) is 4.89 Å². The van der Waals surface area contributed by atoms with E-state index in [0.717, 1.165) is 19.3 Å². The fourth-order valence-electron chi connectivity index (χ4n) is 1.31. The molecule has 0 heterocycles. The summed E-state index contributed by atoms with van der Waals surface area (Å²) in [5.41, 5.74) is 5.13. The van der Waals surface area contributed by atoms with Crippen LogP contribution in [0.15, 0.2) is 0 Å². The number of carbonyl (C=O) groups is 2. The van der Waals surface area contributed by atoms with Gasteiger partial charge in [0.05, 0.1) is 19.8 Å². The van der Waals surface area contributed by atoms with E-state index < -0.39 is 24.3 Å². The number of carbonyl (C=O) groups excluding carboxylic acids is 2. The number of hydrogen-bond acceptors (Lipinski definition) is 7. The molecule has 0 saturated carbocycles. The summed E-state index contributed by atoms with van der Waals surface area (Å²) in [6, 6.07) is 0. The van der Waals surface area contributed by atoms with E-state index in [0.29, 0.717) is 12.8 Å². The van der Waals surface area contributed by atoms with Gasteiger partial charge in [0.2, 0.25) is 5.91 Å². The van der Waals surface area contributed by atoms with Crippen LogP contribution in [0, 0.1) is 0 Å². The average Bonchev–Trinajstić information content (AvgIpc) is 2.47. The van der Waals surface area contributed by atoms with Gasteiger partial charge in [-0.3, -0.25) is 15.0 Å². The van der Waals surface area contributed by atoms with Crippen molar-refractivity contribution in [3.63, 3.8) is 0 Å². The first-order valence-electron chi connectivity index (χ1n) is 7.21. The maximum atomic E-state index is 11.8. The van der Waals surface area contributed by atoms with Crippen molar-refractivity contribution >= 4 is 11.9 Å². The summed E-state index contributed by atoms with van der Waals surface area (Å²) in [5, 5.41) is 12.0. The van der Waals surface area contributed by atoms with Crippen LogP contribution in [0.5, 0.6) is 0 Å². The largest absolute Gasteiger partial charge is 0.423 e. The van der Waals surface area contributed by atoms with Gasteiger partial charge in [-0.15, -0.1) is 0 Å². The van der Waals surface area contributed by atoms with Crippen LogP contribution in [0.2, 0.25) is 0 Å². The van der Waals surface area contributed by atoms with Gasteiger partial charge >= 0.3 is 11.9 Å². The van der Waals surface area contributed by atoms with Crippen LogP contribution < -0.4 is 11.1 Å². The second-order valence-corrected chi connectivity index (χ2v) is 4.50. The zero-order valence-corrected chi connectivity index (χ0v) is 12.7. The molecule has 8 nitrogen and oxygen atoms in total. The number of amides is 1. The summed E-state index contributed by atoms with van der Waals surface area (Å²) in [6.07, 6.45) is 3.99. The summed E-state index contributed by atoms with van der Waals surface area (Å²) in [5.74, 6) is -4.58. The smallest absolute Gasteiger partial charge is 0.340 e. The van der Waals surface area contributed by atoms with E-state index >= 15 is 0 Å². The predicted octanol–water partition coefficient (Wildman–Crippen LogP) is 0.189. The van der Waals surface area contributed by atoms with Crippen LogP contribution in [0.25, 0.3) is 0 Å². The normalized spacial score (nSPS) is 13.5. The first kappa shape index (κ1) is 19.8. The minimum atomic E-state index is -2.59. The van der Waals surface area contributed by atoms with Crippen molar-refractivity contribution in [1.29, 1.82) is 0 Å². The van der Waals surface area contributed by atoms with Gasteiger partial charge in [0, 0.05) is 0 Å². The number of aliphatic hydroxyl groups is 1. The molecule has 0 spiro atoms. The monoisotopic (exact) mass is 306 g/mol. The molecular weight excluding hydrogens is 280 g/mol. The van der Waals surface area contributed by atoms with E-state index in [-0.39, 0.29) is 13.2 Å². The number of nitrogens with one attached hydrogen (secondary N) is 1. The molecule has 1 unspecified atom stereocenters. The Morgan fingerprint density at radius 1 is 1.14 bits per heavy atom. The van der Waals surface area contributed by atoms with Gasteiger partial charge in [-0.1, -0.05) is 33.1 Å². The molecule has 0 rings (SSSR count). The lowest BCUT2D eigenvalue weighted by Crippen LogP contribution is -2.58. The second kappa shape index (κ2) is 11.4. The molecule has 0 aromatic carbocycles. The molecule has 0 aliphatic heterocycles. The fraction of sp³-hybridized carbons (Fsp3) is 0.846. The minimum absolute atomic E-state index is 0.0826. The number of ether oxygens (including phenoxy) is 1. The topological polar surface area (TPSA) is 120 Å². The molecule has 124 valence electrons. The van der Waals surface area contributed by atoms with Gasteiger partial charge in [0.1, 0.15) is 0 Å². The van der Waals surface area contributed by atoms with Crippen LogP contribution in [0.1, 0.15) is 46.0 Å². The third-order valence-corrected chi connectivity index (χ3v) is 2.55. The first-order valence-corrected chi connectivity index (χ1v) is 7.21. The van der Waals surface area contributed by atoms with E-state index in [9.17, 15) is 14.7 Å². The third kappa shape index (κ3) is 8.61. The highest BCUT2D eigenvalue weighted by Crippen LogP contribution is 2.09. The lowest BCUT2D eigenvalue weighted by atomic mass is 10.3. The van der Waals surface area contributed by atoms with Crippen molar-refractivity contribution in [2.75, 3.05) is 19.8 Å². The Balaban J connectivity index is 4.46. The predicted molar refractivity (Wildman–Crippen MR) is 74.6 cm³/mol. The maximum absolute atomic E-state index is 11.8. The highest BCUT2D eigenvalue weighted by atomic mass is 17.2. The summed E-state index contributed by atoms with van der Waals surface area (Å²) in [4.78, 5) is 32.1. The molecule has 0 aliphatic carbocycles. The van der Waals surface area contributed by atoms with Crippen LogP contribution in [0.3, 0.4) is 0 Å². The third-order valence-electron chi connectivity index (χ3n) is 2.55. The van der Waals surface area contributed by atoms with Gasteiger partial charge in [-0.25, -0.2) is 4.79 Å². The zero-order valence-electron chi connectivity index (χ0n) is 12.7. The highest BCUT2D eigenvalue weighted by molar-refractivity contribution is 5.85. The van der Waals surface area contributed by atoms with E-state index in [2.05, 4.69) is 9.78 Å². The lowest BCUT2D eigenvalue weighted by molar-refractivity contribution is -0.314. The lowest BCUT2D eigenvalue weighted by Gasteiger charge is -2.25. The first-order chi connectivity index (χ1) is 10.00.